The third-order valence-corrected chi connectivity index (χ3v) is 26.2. The second kappa shape index (κ2) is 47.5. The van der Waals surface area contributed by atoms with Gasteiger partial charge in [-0.05, 0) is 179 Å². The summed E-state index contributed by atoms with van der Waals surface area (Å²) in [6.07, 6.45) is 4.51. The van der Waals surface area contributed by atoms with Crippen LogP contribution in [-0.2, 0) is 106 Å². The van der Waals surface area contributed by atoms with Gasteiger partial charge in [-0.25, -0.2) is 28.8 Å². The Kier molecular flexibility index (Phi) is 37.8. The van der Waals surface area contributed by atoms with Crippen molar-refractivity contribution >= 4 is 130 Å². The average molecular weight is 2040 g/mol. The molecule has 8 amide bonds. The van der Waals surface area contributed by atoms with Crippen LogP contribution in [-0.4, -0.2) is 215 Å². The molecule has 5 fully saturated rings. The maximum absolute atomic E-state index is 14.2. The van der Waals surface area contributed by atoms with E-state index in [1.54, 1.807) is 85.7 Å². The van der Waals surface area contributed by atoms with Gasteiger partial charge in [-0.1, -0.05) is 107 Å². The SMILES string of the molecule is C=CCCOCC[C@H](NC(=O)OC(C)(C)C)C(=O)N1C[C@H](OC(=O)N2Cc3cccc(Cl)c3C2)C[C@H]1C(=O)N[C@]1(C(=O)OCC)C[C@H]1C=C.CC(C)Oc1ccc(Cl)cc1[CH]=[Ru]([Cl])[Cl].CCOC(=O)[C@@]12C[C@H]1/C=C\CCOCC[C@H](NC(=O)OC(C)(C)C)C(=O)N1C[C@H](OC(=O)N3Cc4cccc(Cl)c4C3)C[C@H]1C(=O)N2.Cc1cc(C)c(N2[CH-]N(c3c(C)cc(C)cc3C)CC2)c(C)c1. The predicted octanol–water partition coefficient (Wildman–Crippen LogP) is 16.9. The Balaban J connectivity index is 0.000000201. The minimum absolute atomic E-state index is 0.0140. The molecule has 6 aliphatic heterocycles. The van der Waals surface area contributed by atoms with E-state index in [4.69, 9.17) is 96.8 Å². The third-order valence-electron chi connectivity index (χ3n) is 23.5. The van der Waals surface area contributed by atoms with Crippen LogP contribution < -0.4 is 35.8 Å². The van der Waals surface area contributed by atoms with Gasteiger partial charge in [-0.15, -0.1) is 13.2 Å². The summed E-state index contributed by atoms with van der Waals surface area (Å²) < 4.78 is 52.0. The van der Waals surface area contributed by atoms with Crippen LogP contribution in [0.3, 0.4) is 0 Å². The molecule has 0 spiro atoms. The van der Waals surface area contributed by atoms with Crippen LogP contribution in [0.15, 0.2) is 116 Å². The zero-order chi connectivity index (χ0) is 98.0. The average Bonchev–Trinajstić information content (AvgIpc) is 1.58. The van der Waals surface area contributed by atoms with Crippen molar-refractivity contribution in [2.75, 3.05) is 75.6 Å². The number of likely N-dealkylation sites (tertiary alicyclic amines) is 1. The third kappa shape index (κ3) is 28.6. The van der Waals surface area contributed by atoms with Crippen molar-refractivity contribution in [3.05, 3.63) is 199 Å². The molecule has 10 atom stereocenters. The fraction of sp³-hybridized carbons (Fsp3) is 0.515. The van der Waals surface area contributed by atoms with Gasteiger partial charge in [-0.2, -0.15) is 6.67 Å². The van der Waals surface area contributed by atoms with Crippen LogP contribution in [0.25, 0.3) is 0 Å². The molecule has 8 aliphatic rings. The summed E-state index contributed by atoms with van der Waals surface area (Å²) in [6.45, 7) is 44.7. The zero-order valence-electron chi connectivity index (χ0n) is 79.3. The molecule has 2 saturated carbocycles. The molecular formula is C99H128Cl5N10O19Ru-. The molecule has 4 N–H and O–H groups in total. The Hall–Kier alpha value is -9.52. The topological polar surface area (TPSA) is 321 Å². The molecule has 0 unspecified atom stereocenters. The van der Waals surface area contributed by atoms with Crippen molar-refractivity contribution in [2.24, 2.45) is 11.8 Å². The fourth-order valence-electron chi connectivity index (χ4n) is 17.4. The number of aryl methyl sites for hydroxylation is 6. The van der Waals surface area contributed by atoms with E-state index in [1.807, 2.05) is 67.0 Å². The van der Waals surface area contributed by atoms with Crippen LogP contribution in [0.5, 0.6) is 5.75 Å². The second-order valence-electron chi connectivity index (χ2n) is 36.8. The number of amides is 8. The van der Waals surface area contributed by atoms with Crippen molar-refractivity contribution in [3.8, 4) is 5.75 Å². The number of anilines is 2. The molecule has 29 nitrogen and oxygen atoms in total. The maximum Gasteiger partial charge on any atom is 0.410 e. The van der Waals surface area contributed by atoms with Crippen LogP contribution in [0.2, 0.25) is 15.1 Å². The van der Waals surface area contributed by atoms with E-state index in [9.17, 15) is 47.9 Å². The second-order valence-corrected chi connectivity index (χ2v) is 43.8. The van der Waals surface area contributed by atoms with E-state index in [2.05, 4.69) is 117 Å². The first kappa shape index (κ1) is 107. The first-order valence-electron chi connectivity index (χ1n) is 45.3. The molecule has 0 radical (unpaired) electrons. The van der Waals surface area contributed by atoms with Gasteiger partial charge in [0.15, 0.2) is 0 Å². The monoisotopic (exact) mass is 2040 g/mol. The number of carbonyl (C=O) groups is 10. The van der Waals surface area contributed by atoms with Gasteiger partial charge in [0, 0.05) is 105 Å². The molecule has 0 aromatic heterocycles. The van der Waals surface area contributed by atoms with Crippen LogP contribution in [0, 0.1) is 60.0 Å². The first-order valence-corrected chi connectivity index (χ1v) is 51.9. The van der Waals surface area contributed by atoms with Crippen molar-refractivity contribution in [2.45, 2.75) is 253 Å². The van der Waals surface area contributed by atoms with E-state index in [0.717, 1.165) is 46.7 Å². The summed E-state index contributed by atoms with van der Waals surface area (Å²) >= 11 is 16.7. The molecule has 5 aromatic rings. The van der Waals surface area contributed by atoms with Crippen LogP contribution in [0.4, 0.5) is 30.6 Å². The van der Waals surface area contributed by atoms with E-state index in [0.29, 0.717) is 67.1 Å². The normalized spacial score (nSPS) is 22.3. The van der Waals surface area contributed by atoms with Crippen molar-refractivity contribution in [1.82, 2.24) is 40.9 Å². The van der Waals surface area contributed by atoms with E-state index in [1.165, 1.54) is 64.4 Å². The van der Waals surface area contributed by atoms with Gasteiger partial charge in [0.25, 0.3) is 0 Å². The Labute approximate surface area is 815 Å². The molecule has 6 heterocycles. The largest absolute Gasteiger partial charge is 0.502 e. The summed E-state index contributed by atoms with van der Waals surface area (Å²) in [7, 11) is 11.7. The van der Waals surface area contributed by atoms with Gasteiger partial charge >= 0.3 is 145 Å². The Bertz CT molecular complexity index is 5090. The minimum atomic E-state index is -1.85. The summed E-state index contributed by atoms with van der Waals surface area (Å²) in [5.41, 5.74) is 11.0. The van der Waals surface area contributed by atoms with Gasteiger partial charge in [-0.3, -0.25) is 29.0 Å². The Morgan fingerprint density at radius 3 is 1.78 bits per heavy atom. The van der Waals surface area contributed by atoms with Gasteiger partial charge in [0.05, 0.1) is 46.0 Å². The summed E-state index contributed by atoms with van der Waals surface area (Å²) in [5.74, 6) is -3.39. The van der Waals surface area contributed by atoms with Gasteiger partial charge in [0.1, 0.15) is 58.7 Å². The smallest absolute Gasteiger partial charge is 0.410 e. The predicted molar refractivity (Wildman–Crippen MR) is 514 cm³/mol. The van der Waals surface area contributed by atoms with Crippen LogP contribution in [0.1, 0.15) is 182 Å². The number of nitrogens with zero attached hydrogens (tertiary/aromatic N) is 6. The molecule has 2 aliphatic carbocycles. The number of ether oxygens (including phenoxy) is 9. The number of hydrogen-bond acceptors (Lipinski definition) is 21. The van der Waals surface area contributed by atoms with Crippen molar-refractivity contribution in [3.63, 3.8) is 0 Å². The van der Waals surface area contributed by atoms with E-state index >= 15 is 0 Å². The Morgan fingerprint density at radius 2 is 1.25 bits per heavy atom. The number of rotatable bonds is 23. The number of fused-ring (bicyclic) bond motifs is 4. The standard InChI is InChI=1S/C35H47ClN4O9.C33H43ClN4O9.C21H27N2.C10H11ClO.2ClH.Ru/c1-7-10-15-46-16-14-27(37-32(44)49-34(4,5)6)30(42)40-20-24(48-33(45)39-19-22-12-11-13-26(36)25(22)21-39)17-28(40)29(41)38-35(18-23(35)8-2)31(43)47-9-3;1-5-45-29(41)33-16-21(33)10-6-7-13-44-14-12-25(35-30(42)47-32(2,3)4)28(40)38-18-22(15-26(38)27(39)36-33)46-31(43)37-17-20-9-8-11-24(34)23(20)19-37;1-14-9-16(3)20(17(4)10-14)22-7-8-23(13-22)21-18(5)11-15(2)12-19(21)6;1-7(2)12-10-5-4-9(11)6-8(10)3;;;/h7-8,11-13,23-24,27-28H,1-2,9-10,14-21H2,3-6H3,(H,37,44)(H,38,41);6,8-11,21-22,25-26H,5,7,12-19H2,1-4H3,(H,35,42)(H,36,39);9-13H,7-8H2,1-6H3;3-7H,1-2H3;2*1H;/q;;-1;;;;+2/p-2/b;10-6-;;;;;/t23-,24-,27+,28+,35-;21-,22-,25+,26+,33-;;;;;/m11...../s1. The number of hydrogen-bond donors (Lipinski definition) is 4. The fourth-order valence-corrected chi connectivity index (χ4v) is 19.9. The number of halogens is 5. The number of esters is 2. The minimum Gasteiger partial charge on any atom is -0.502 e. The summed E-state index contributed by atoms with van der Waals surface area (Å²) in [6, 6.07) is 21.0. The molecule has 732 valence electrons. The quantitative estimate of drug-likeness (QED) is 0.0118. The number of benzene rings is 5. The van der Waals surface area contributed by atoms with E-state index in [-0.39, 0.29) is 96.2 Å². The first-order chi connectivity index (χ1) is 63.4. The van der Waals surface area contributed by atoms with E-state index < -0.39 is 132 Å². The zero-order valence-corrected chi connectivity index (χ0v) is 84.8. The van der Waals surface area contributed by atoms with Crippen LogP contribution >= 0.6 is 54.2 Å². The number of nitrogens with one attached hydrogen (secondary N) is 4. The molecule has 3 saturated heterocycles. The number of alkyl carbamates (subject to hydrolysis) is 2. The van der Waals surface area contributed by atoms with Gasteiger partial charge in [0.2, 0.25) is 23.6 Å². The summed E-state index contributed by atoms with van der Waals surface area (Å²) in [4.78, 5) is 145. The molecule has 5 aromatic carbocycles. The number of carbonyl (C=O) groups excluding carboxylic acids is 10. The van der Waals surface area contributed by atoms with Gasteiger partial charge < -0.3 is 78.8 Å². The van der Waals surface area contributed by atoms with Crippen molar-refractivity contribution in [1.29, 1.82) is 0 Å². The van der Waals surface area contributed by atoms with Crippen molar-refractivity contribution < 1.29 is 104 Å². The maximum atomic E-state index is 14.2. The molecule has 13 rings (SSSR count). The molecule has 0 bridgehead atoms. The summed E-state index contributed by atoms with van der Waals surface area (Å²) in [5, 5.41) is 12.7. The molecular weight excluding hydrogens is 1910 g/mol. The molecule has 134 heavy (non-hydrogen) atoms. The molecule has 35 heteroatoms. The Morgan fingerprint density at radius 1 is 0.694 bits per heavy atom.